The number of aromatic nitrogens is 1. The number of alkyl halides is 3. The fourth-order valence-corrected chi connectivity index (χ4v) is 5.75. The van der Waals surface area contributed by atoms with E-state index in [9.17, 15) is 22.4 Å². The van der Waals surface area contributed by atoms with Crippen LogP contribution in [0.3, 0.4) is 0 Å². The Morgan fingerprint density at radius 3 is 2.51 bits per heavy atom. The molecule has 1 aliphatic heterocycles. The van der Waals surface area contributed by atoms with E-state index in [4.69, 9.17) is 9.26 Å². The molecule has 0 saturated carbocycles. The third-order valence-corrected chi connectivity index (χ3v) is 7.93. The van der Waals surface area contributed by atoms with Crippen molar-refractivity contribution in [3.63, 3.8) is 0 Å². The van der Waals surface area contributed by atoms with Gasteiger partial charge in [-0.05, 0) is 54.7 Å². The van der Waals surface area contributed by atoms with Crippen LogP contribution < -0.4 is 15.0 Å². The molecule has 1 fully saturated rings. The highest BCUT2D eigenvalue weighted by Crippen LogP contribution is 2.34. The molecule has 4 aromatic rings. The average molecular weight is 625 g/mol. The fourth-order valence-electron chi connectivity index (χ4n) is 5.75. The van der Waals surface area contributed by atoms with Crippen molar-refractivity contribution in [2.45, 2.75) is 44.8 Å². The Bertz CT molecular complexity index is 1550. The second-order valence-corrected chi connectivity index (χ2v) is 11.0. The van der Waals surface area contributed by atoms with E-state index in [0.29, 0.717) is 55.3 Å². The van der Waals surface area contributed by atoms with Gasteiger partial charge in [0.25, 0.3) is 5.91 Å². The van der Waals surface area contributed by atoms with Crippen LogP contribution in [0.15, 0.2) is 83.5 Å². The highest BCUT2D eigenvalue weighted by Gasteiger charge is 2.30. The lowest BCUT2D eigenvalue weighted by Gasteiger charge is -2.40. The number of carbonyl (C=O) groups is 1. The lowest BCUT2D eigenvalue weighted by Crippen LogP contribution is -2.47. The summed E-state index contributed by atoms with van der Waals surface area (Å²) in [6.45, 7) is 2.93. The average Bonchev–Trinajstić information content (AvgIpc) is 3.50. The van der Waals surface area contributed by atoms with Gasteiger partial charge in [0.1, 0.15) is 22.9 Å². The molecular weight excluding hydrogens is 588 g/mol. The van der Waals surface area contributed by atoms with Crippen LogP contribution in [-0.4, -0.2) is 54.9 Å². The molecule has 5 rings (SSSR count). The van der Waals surface area contributed by atoms with Crippen LogP contribution in [0.5, 0.6) is 5.75 Å². The topological polar surface area (TPSA) is 70.8 Å². The van der Waals surface area contributed by atoms with Crippen molar-refractivity contribution in [1.29, 1.82) is 0 Å². The number of nitrogens with one attached hydrogen (secondary N) is 1. The Labute approximate surface area is 259 Å². The molecule has 1 saturated heterocycles. The number of piperazine rings is 1. The number of benzene rings is 3. The fraction of sp³-hybridized carbons (Fsp3) is 0.353. The van der Waals surface area contributed by atoms with Crippen molar-refractivity contribution in [3.8, 4) is 5.75 Å². The molecule has 0 bridgehead atoms. The Morgan fingerprint density at radius 1 is 1.00 bits per heavy atom. The van der Waals surface area contributed by atoms with Gasteiger partial charge in [0.15, 0.2) is 6.61 Å². The SMILES string of the molecule is CCC(c1cccc(NC(=O)c2cnoc2CCCc2ccccc2)c1)N1CCN(c2ccc(F)cc2OCC(F)(F)F)CC1. The molecular formula is C34H36F4N4O3. The number of rotatable bonds is 12. The Morgan fingerprint density at radius 2 is 1.78 bits per heavy atom. The number of nitrogens with zero attached hydrogens (tertiary/aromatic N) is 3. The van der Waals surface area contributed by atoms with Gasteiger partial charge in [0.2, 0.25) is 0 Å². The molecule has 1 N–H and O–H groups in total. The summed E-state index contributed by atoms with van der Waals surface area (Å²) in [6, 6.07) is 21.6. The number of ether oxygens (including phenoxy) is 1. The largest absolute Gasteiger partial charge is 0.482 e. The third kappa shape index (κ3) is 8.63. The van der Waals surface area contributed by atoms with Crippen LogP contribution in [0.2, 0.25) is 0 Å². The van der Waals surface area contributed by atoms with Gasteiger partial charge >= 0.3 is 6.18 Å². The number of carbonyl (C=O) groups excluding carboxylic acids is 1. The van der Waals surface area contributed by atoms with Crippen molar-refractivity contribution in [2.75, 3.05) is 43.0 Å². The lowest BCUT2D eigenvalue weighted by molar-refractivity contribution is -0.153. The molecule has 1 aliphatic rings. The number of hydrogen-bond acceptors (Lipinski definition) is 6. The maximum atomic E-state index is 13.8. The van der Waals surface area contributed by atoms with E-state index in [1.54, 1.807) is 0 Å². The van der Waals surface area contributed by atoms with Crippen molar-refractivity contribution in [2.24, 2.45) is 0 Å². The van der Waals surface area contributed by atoms with Crippen molar-refractivity contribution >= 4 is 17.3 Å². The quantitative estimate of drug-likeness (QED) is 0.165. The van der Waals surface area contributed by atoms with E-state index in [-0.39, 0.29) is 17.7 Å². The van der Waals surface area contributed by atoms with Crippen LogP contribution in [0.4, 0.5) is 28.9 Å². The monoisotopic (exact) mass is 624 g/mol. The standard InChI is InChI=1S/C34H36F4N4O3/c1-2-29(41-16-18-42(19-17-41)30-15-14-26(35)21-32(30)44-23-34(36,37)38)25-11-7-12-27(20-25)40-33(43)28-22-39-45-31(28)13-6-10-24-8-4-3-5-9-24/h3-5,7-9,11-12,14-15,20-22,29H,2,6,10,13,16-19,23H2,1H3,(H,40,43). The van der Waals surface area contributed by atoms with Crippen LogP contribution in [0.25, 0.3) is 0 Å². The molecule has 1 unspecified atom stereocenters. The number of amides is 1. The number of aryl methyl sites for hydroxylation is 2. The first-order valence-corrected chi connectivity index (χ1v) is 15.1. The Balaban J connectivity index is 1.19. The van der Waals surface area contributed by atoms with E-state index in [1.807, 2.05) is 47.4 Å². The van der Waals surface area contributed by atoms with E-state index in [2.05, 4.69) is 34.4 Å². The molecule has 3 aromatic carbocycles. The predicted molar refractivity (Wildman–Crippen MR) is 164 cm³/mol. The summed E-state index contributed by atoms with van der Waals surface area (Å²) in [4.78, 5) is 17.4. The molecule has 1 aromatic heterocycles. The first-order chi connectivity index (χ1) is 21.7. The molecule has 11 heteroatoms. The summed E-state index contributed by atoms with van der Waals surface area (Å²) in [6.07, 6.45) is 0.0230. The van der Waals surface area contributed by atoms with Crippen LogP contribution in [0, 0.1) is 5.82 Å². The molecule has 0 aliphatic carbocycles. The van der Waals surface area contributed by atoms with Gasteiger partial charge in [-0.25, -0.2) is 4.39 Å². The zero-order chi connectivity index (χ0) is 31.8. The van der Waals surface area contributed by atoms with Crippen LogP contribution >= 0.6 is 0 Å². The van der Waals surface area contributed by atoms with Gasteiger partial charge in [-0.15, -0.1) is 0 Å². The highest BCUT2D eigenvalue weighted by atomic mass is 19.4. The second-order valence-electron chi connectivity index (χ2n) is 11.0. The summed E-state index contributed by atoms with van der Waals surface area (Å²) in [5, 5.41) is 6.85. The molecule has 238 valence electrons. The minimum Gasteiger partial charge on any atom is -0.482 e. The minimum atomic E-state index is -4.52. The second kappa shape index (κ2) is 14.6. The minimum absolute atomic E-state index is 0.0577. The zero-order valence-electron chi connectivity index (χ0n) is 25.0. The normalized spacial score (nSPS) is 14.7. The van der Waals surface area contributed by atoms with E-state index >= 15 is 0 Å². The number of halogens is 4. The van der Waals surface area contributed by atoms with Crippen molar-refractivity contribution in [1.82, 2.24) is 10.1 Å². The molecule has 45 heavy (non-hydrogen) atoms. The first kappa shape index (κ1) is 32.0. The van der Waals surface area contributed by atoms with Gasteiger partial charge in [-0.3, -0.25) is 9.69 Å². The van der Waals surface area contributed by atoms with Crippen LogP contribution in [-0.2, 0) is 12.8 Å². The summed E-state index contributed by atoms with van der Waals surface area (Å²) in [5.74, 6) is -0.510. The highest BCUT2D eigenvalue weighted by molar-refractivity contribution is 6.04. The Hall–Kier alpha value is -4.38. The van der Waals surface area contributed by atoms with Crippen molar-refractivity contribution < 1.29 is 31.6 Å². The third-order valence-electron chi connectivity index (χ3n) is 7.93. The summed E-state index contributed by atoms with van der Waals surface area (Å²) < 4.78 is 62.5. The van der Waals surface area contributed by atoms with E-state index in [0.717, 1.165) is 30.9 Å². The number of anilines is 2. The molecule has 7 nitrogen and oxygen atoms in total. The smallest absolute Gasteiger partial charge is 0.422 e. The zero-order valence-corrected chi connectivity index (χ0v) is 25.0. The van der Waals surface area contributed by atoms with Gasteiger partial charge in [-0.1, -0.05) is 54.5 Å². The molecule has 0 spiro atoms. The van der Waals surface area contributed by atoms with Crippen molar-refractivity contribution in [3.05, 3.63) is 107 Å². The van der Waals surface area contributed by atoms with Gasteiger partial charge in [0.05, 0.1) is 11.9 Å². The molecule has 1 amide bonds. The molecule has 2 heterocycles. The maximum absolute atomic E-state index is 13.8. The lowest BCUT2D eigenvalue weighted by atomic mass is 10.0. The summed E-state index contributed by atoms with van der Waals surface area (Å²) >= 11 is 0. The van der Waals surface area contributed by atoms with Crippen LogP contribution in [0.1, 0.15) is 53.1 Å². The van der Waals surface area contributed by atoms with E-state index in [1.165, 1.54) is 23.9 Å². The van der Waals surface area contributed by atoms with E-state index < -0.39 is 18.6 Å². The van der Waals surface area contributed by atoms with Gasteiger partial charge in [-0.2, -0.15) is 13.2 Å². The predicted octanol–water partition coefficient (Wildman–Crippen LogP) is 7.46. The summed E-state index contributed by atoms with van der Waals surface area (Å²) in [7, 11) is 0. The number of hydrogen-bond donors (Lipinski definition) is 1. The van der Waals surface area contributed by atoms with Gasteiger partial charge < -0.3 is 19.5 Å². The summed E-state index contributed by atoms with van der Waals surface area (Å²) in [5.41, 5.74) is 3.76. The molecule has 1 atom stereocenters. The maximum Gasteiger partial charge on any atom is 0.422 e. The Kier molecular flexibility index (Phi) is 10.4. The first-order valence-electron chi connectivity index (χ1n) is 15.1. The van der Waals surface area contributed by atoms with Gasteiger partial charge in [0, 0.05) is 50.4 Å². The molecule has 0 radical (unpaired) electrons.